The monoisotopic (exact) mass is 418 g/mol. The van der Waals surface area contributed by atoms with E-state index in [1.807, 2.05) is 6.92 Å². The quantitative estimate of drug-likeness (QED) is 0.565. The van der Waals surface area contributed by atoms with Crippen molar-refractivity contribution in [2.45, 2.75) is 51.1 Å². The molecule has 1 aromatic carbocycles. The van der Waals surface area contributed by atoms with Gasteiger partial charge in [-0.05, 0) is 51.5 Å². The average Bonchev–Trinajstić information content (AvgIpc) is 2.68. The Labute approximate surface area is 174 Å². The van der Waals surface area contributed by atoms with Crippen molar-refractivity contribution >= 4 is 29.5 Å². The normalized spacial score (nSPS) is 20.9. The third-order valence-corrected chi connectivity index (χ3v) is 5.49. The van der Waals surface area contributed by atoms with Crippen molar-refractivity contribution in [1.82, 2.24) is 10.2 Å². The van der Waals surface area contributed by atoms with Crippen molar-refractivity contribution < 1.29 is 23.9 Å². The lowest BCUT2D eigenvalue weighted by Crippen LogP contribution is -2.70. The first kappa shape index (κ1) is 21.2. The summed E-state index contributed by atoms with van der Waals surface area (Å²) in [7, 11) is 0. The number of benzene rings is 1. The van der Waals surface area contributed by atoms with Crippen LogP contribution in [0.3, 0.4) is 0 Å². The van der Waals surface area contributed by atoms with Gasteiger partial charge in [0, 0.05) is 11.3 Å². The Morgan fingerprint density at radius 1 is 1.31 bits per heavy atom. The maximum Gasteiger partial charge on any atom is 0.355 e. The van der Waals surface area contributed by atoms with Crippen molar-refractivity contribution in [2.24, 2.45) is 0 Å². The molecule has 0 saturated carbocycles. The number of nitrogens with one attached hydrogen (secondary N) is 1. The molecule has 2 aliphatic rings. The number of β-lactam (4-membered cyclic amide) rings is 1. The van der Waals surface area contributed by atoms with E-state index in [1.54, 1.807) is 51.1 Å². The standard InChI is InChI=1S/C21H26N2O5S/c1-5-10-27-14-8-6-7-13(12-14)17(24)22-16-18(25)23-15(9-11-29-19(16)23)20(26)28-21(2,3)4/h6-9,12,16,19H,5,10-11H2,1-4H3,(H,22,24)/t16?,19-/m1/s1. The topological polar surface area (TPSA) is 84.9 Å². The molecule has 2 amide bonds. The van der Waals surface area contributed by atoms with E-state index < -0.39 is 17.6 Å². The third kappa shape index (κ3) is 4.75. The van der Waals surface area contributed by atoms with Crippen molar-refractivity contribution in [3.8, 4) is 5.75 Å². The molecule has 2 aliphatic heterocycles. The van der Waals surface area contributed by atoms with Crippen LogP contribution < -0.4 is 10.1 Å². The predicted molar refractivity (Wildman–Crippen MR) is 111 cm³/mol. The first-order chi connectivity index (χ1) is 13.7. The van der Waals surface area contributed by atoms with Gasteiger partial charge in [-0.2, -0.15) is 0 Å². The lowest BCUT2D eigenvalue weighted by Gasteiger charge is -2.48. The van der Waals surface area contributed by atoms with E-state index in [4.69, 9.17) is 9.47 Å². The molecule has 8 heteroatoms. The van der Waals surface area contributed by atoms with Crippen LogP contribution in [0.15, 0.2) is 36.0 Å². The van der Waals surface area contributed by atoms with Crippen LogP contribution in [-0.4, -0.2) is 52.1 Å². The minimum Gasteiger partial charge on any atom is -0.494 e. The van der Waals surface area contributed by atoms with Gasteiger partial charge < -0.3 is 14.8 Å². The molecule has 0 aromatic heterocycles. The maximum atomic E-state index is 12.7. The van der Waals surface area contributed by atoms with E-state index >= 15 is 0 Å². The van der Waals surface area contributed by atoms with Gasteiger partial charge in [0.1, 0.15) is 28.5 Å². The van der Waals surface area contributed by atoms with E-state index in [0.717, 1.165) is 6.42 Å². The third-order valence-electron chi connectivity index (χ3n) is 4.31. The van der Waals surface area contributed by atoms with Crippen LogP contribution in [0.5, 0.6) is 5.75 Å². The van der Waals surface area contributed by atoms with E-state index in [0.29, 0.717) is 23.7 Å². The minimum atomic E-state index is -0.682. The first-order valence-corrected chi connectivity index (χ1v) is 10.7. The lowest BCUT2D eigenvalue weighted by atomic mass is 10.0. The Kier molecular flexibility index (Phi) is 6.21. The van der Waals surface area contributed by atoms with E-state index in [9.17, 15) is 14.4 Å². The fourth-order valence-corrected chi connectivity index (χ4v) is 4.23. The van der Waals surface area contributed by atoms with Crippen LogP contribution >= 0.6 is 11.8 Å². The molecule has 7 nitrogen and oxygen atoms in total. The van der Waals surface area contributed by atoms with Gasteiger partial charge in [-0.15, -0.1) is 11.8 Å². The molecule has 29 heavy (non-hydrogen) atoms. The summed E-state index contributed by atoms with van der Waals surface area (Å²) in [6, 6.07) is 6.19. The number of esters is 1. The van der Waals surface area contributed by atoms with Crippen molar-refractivity contribution in [3.63, 3.8) is 0 Å². The fraction of sp³-hybridized carbons (Fsp3) is 0.476. The van der Waals surface area contributed by atoms with E-state index in [1.165, 1.54) is 16.7 Å². The molecule has 2 heterocycles. The highest BCUT2D eigenvalue weighted by Crippen LogP contribution is 2.38. The lowest BCUT2D eigenvalue weighted by molar-refractivity contribution is -0.158. The Morgan fingerprint density at radius 3 is 2.76 bits per heavy atom. The molecule has 1 saturated heterocycles. The molecular formula is C21H26N2O5S. The van der Waals surface area contributed by atoms with Crippen LogP contribution in [0.25, 0.3) is 0 Å². The van der Waals surface area contributed by atoms with Crippen molar-refractivity contribution in [3.05, 3.63) is 41.6 Å². The largest absolute Gasteiger partial charge is 0.494 e. The summed E-state index contributed by atoms with van der Waals surface area (Å²) in [5.41, 5.74) is 0.0208. The van der Waals surface area contributed by atoms with Crippen LogP contribution in [0.2, 0.25) is 0 Å². The number of amides is 2. The van der Waals surface area contributed by atoms with Gasteiger partial charge in [0.05, 0.1) is 6.61 Å². The summed E-state index contributed by atoms with van der Waals surface area (Å²) < 4.78 is 11.0. The number of hydrogen-bond acceptors (Lipinski definition) is 6. The Morgan fingerprint density at radius 2 is 2.07 bits per heavy atom. The molecule has 156 valence electrons. The van der Waals surface area contributed by atoms with Crippen molar-refractivity contribution in [1.29, 1.82) is 0 Å². The molecule has 2 atom stereocenters. The summed E-state index contributed by atoms with van der Waals surface area (Å²) in [4.78, 5) is 39.2. The maximum absolute atomic E-state index is 12.7. The second kappa shape index (κ2) is 8.49. The summed E-state index contributed by atoms with van der Waals surface area (Å²) in [6.07, 6.45) is 2.56. The number of nitrogens with zero attached hydrogens (tertiary/aromatic N) is 1. The summed E-state index contributed by atoms with van der Waals surface area (Å²) in [6.45, 7) is 7.91. The second-order valence-corrected chi connectivity index (χ2v) is 9.00. The van der Waals surface area contributed by atoms with Gasteiger partial charge in [0.25, 0.3) is 11.8 Å². The molecule has 1 fully saturated rings. The number of thioether (sulfide) groups is 1. The van der Waals surface area contributed by atoms with Crippen LogP contribution in [0.4, 0.5) is 0 Å². The molecule has 1 aromatic rings. The van der Waals surface area contributed by atoms with Gasteiger partial charge in [0.2, 0.25) is 0 Å². The van der Waals surface area contributed by atoms with Gasteiger partial charge >= 0.3 is 5.97 Å². The Hall–Kier alpha value is -2.48. The highest BCUT2D eigenvalue weighted by molar-refractivity contribution is 8.00. The van der Waals surface area contributed by atoms with E-state index in [2.05, 4.69) is 5.32 Å². The first-order valence-electron chi connectivity index (χ1n) is 9.63. The number of ether oxygens (including phenoxy) is 2. The summed E-state index contributed by atoms with van der Waals surface area (Å²) in [5, 5.41) is 2.47. The average molecular weight is 419 g/mol. The summed E-state index contributed by atoms with van der Waals surface area (Å²) in [5.74, 6) is -0.00894. The number of hydrogen-bond donors (Lipinski definition) is 1. The van der Waals surface area contributed by atoms with Gasteiger partial charge in [-0.25, -0.2) is 4.79 Å². The number of fused-ring (bicyclic) bond motifs is 1. The molecule has 0 spiro atoms. The van der Waals surface area contributed by atoms with Crippen LogP contribution in [0, 0.1) is 0 Å². The molecule has 0 bridgehead atoms. The predicted octanol–water partition coefficient (Wildman–Crippen LogP) is 2.71. The second-order valence-electron chi connectivity index (χ2n) is 7.85. The number of carbonyl (C=O) groups excluding carboxylic acids is 3. The van der Waals surface area contributed by atoms with Crippen molar-refractivity contribution in [2.75, 3.05) is 12.4 Å². The minimum absolute atomic E-state index is 0.245. The van der Waals surface area contributed by atoms with E-state index in [-0.39, 0.29) is 22.9 Å². The molecular weight excluding hydrogens is 392 g/mol. The Balaban J connectivity index is 1.66. The molecule has 1 unspecified atom stereocenters. The number of rotatable bonds is 6. The zero-order chi connectivity index (χ0) is 21.2. The van der Waals surface area contributed by atoms with Gasteiger partial charge in [-0.3, -0.25) is 14.5 Å². The fourth-order valence-electron chi connectivity index (χ4n) is 3.03. The molecule has 1 N–H and O–H groups in total. The van der Waals surface area contributed by atoms with Crippen LogP contribution in [0.1, 0.15) is 44.5 Å². The smallest absolute Gasteiger partial charge is 0.355 e. The number of carbonyl (C=O) groups is 3. The van der Waals surface area contributed by atoms with Crippen LogP contribution in [-0.2, 0) is 14.3 Å². The molecule has 0 aliphatic carbocycles. The van der Waals surface area contributed by atoms with Gasteiger partial charge in [-0.1, -0.05) is 13.0 Å². The van der Waals surface area contributed by atoms with Gasteiger partial charge in [0.15, 0.2) is 0 Å². The highest BCUT2D eigenvalue weighted by atomic mass is 32.2. The molecule has 0 radical (unpaired) electrons. The highest BCUT2D eigenvalue weighted by Gasteiger charge is 2.53. The SMILES string of the molecule is CCCOc1cccc(C(=O)NC2C(=O)N3C(C(=O)OC(C)(C)C)=CCS[C@H]23)c1. The Bertz CT molecular complexity index is 846. The zero-order valence-electron chi connectivity index (χ0n) is 17.1. The molecule has 3 rings (SSSR count). The summed E-state index contributed by atoms with van der Waals surface area (Å²) >= 11 is 1.50. The zero-order valence-corrected chi connectivity index (χ0v) is 17.9.